The Balaban J connectivity index is 1.52. The number of ether oxygens (including phenoxy) is 6. The highest BCUT2D eigenvalue weighted by Crippen LogP contribution is 2.38. The Labute approximate surface area is 231 Å². The first kappa shape index (κ1) is 28.1. The lowest BCUT2D eigenvalue weighted by Gasteiger charge is -2.26. The normalized spacial score (nSPS) is 11.8. The molecule has 1 aliphatic heterocycles. The van der Waals surface area contributed by atoms with Crippen LogP contribution in [0.1, 0.15) is 31.1 Å². The van der Waals surface area contributed by atoms with E-state index in [1.165, 1.54) is 25.1 Å². The third-order valence-corrected chi connectivity index (χ3v) is 5.48. The fourth-order valence-corrected chi connectivity index (χ4v) is 3.63. The van der Waals surface area contributed by atoms with E-state index in [4.69, 9.17) is 28.4 Å². The molecule has 3 aromatic rings. The average molecular weight is 551 g/mol. The number of hydrogen-bond acceptors (Lipinski definition) is 9. The molecule has 1 heterocycles. The number of hydrogen-bond donors (Lipinski definition) is 1. The van der Waals surface area contributed by atoms with Crippen LogP contribution >= 0.6 is 0 Å². The minimum Gasteiger partial charge on any atom is -0.484 e. The summed E-state index contributed by atoms with van der Waals surface area (Å²) in [7, 11) is 2.80. The van der Waals surface area contributed by atoms with Crippen molar-refractivity contribution in [2.45, 2.75) is 26.4 Å². The van der Waals surface area contributed by atoms with Gasteiger partial charge in [-0.25, -0.2) is 9.59 Å². The molecule has 40 heavy (non-hydrogen) atoms. The summed E-state index contributed by atoms with van der Waals surface area (Å²) in [6.07, 6.45) is -0.626. The predicted molar refractivity (Wildman–Crippen MR) is 146 cm³/mol. The molecule has 3 aromatic carbocycles. The lowest BCUT2D eigenvalue weighted by Crippen LogP contribution is -2.34. The molecule has 0 radical (unpaired) electrons. The third kappa shape index (κ3) is 7.13. The molecule has 0 saturated heterocycles. The van der Waals surface area contributed by atoms with Crippen molar-refractivity contribution in [1.82, 2.24) is 0 Å². The van der Waals surface area contributed by atoms with Crippen molar-refractivity contribution in [3.8, 4) is 28.7 Å². The van der Waals surface area contributed by atoms with Crippen LogP contribution in [0.15, 0.2) is 60.7 Å². The van der Waals surface area contributed by atoms with Gasteiger partial charge in [0, 0.05) is 19.2 Å². The molecule has 1 N–H and O–H groups in total. The van der Waals surface area contributed by atoms with E-state index in [-0.39, 0.29) is 13.4 Å². The molecule has 0 spiro atoms. The Bertz CT molecular complexity index is 1410. The summed E-state index contributed by atoms with van der Waals surface area (Å²) >= 11 is 0. The SMILES string of the molecule is COC(=O)c1cccc(OCC(=O)Nc2ccc(Oc3ccc4c(c3)OCO4)cc2N(C)C(=O)OC(C)(C)C)c1. The summed E-state index contributed by atoms with van der Waals surface area (Å²) in [5, 5.41) is 2.76. The third-order valence-electron chi connectivity index (χ3n) is 5.48. The number of rotatable bonds is 8. The number of anilines is 2. The maximum absolute atomic E-state index is 12.9. The summed E-state index contributed by atoms with van der Waals surface area (Å²) in [4.78, 5) is 38.7. The number of carbonyl (C=O) groups is 3. The Morgan fingerprint density at radius 3 is 2.40 bits per heavy atom. The first-order valence-electron chi connectivity index (χ1n) is 12.3. The van der Waals surface area contributed by atoms with Gasteiger partial charge in [0.1, 0.15) is 22.8 Å². The minimum atomic E-state index is -0.734. The van der Waals surface area contributed by atoms with E-state index < -0.39 is 23.6 Å². The molecule has 1 aliphatic rings. The molecule has 0 fully saturated rings. The summed E-state index contributed by atoms with van der Waals surface area (Å²) in [5.41, 5.74) is 0.207. The first-order chi connectivity index (χ1) is 19.0. The van der Waals surface area contributed by atoms with Gasteiger partial charge in [-0.05, 0) is 63.2 Å². The molecular weight excluding hydrogens is 520 g/mol. The van der Waals surface area contributed by atoms with Crippen molar-refractivity contribution < 1.29 is 42.8 Å². The van der Waals surface area contributed by atoms with Crippen LogP contribution in [-0.2, 0) is 14.3 Å². The fraction of sp³-hybridized carbons (Fsp3) is 0.276. The number of benzene rings is 3. The lowest BCUT2D eigenvalue weighted by atomic mass is 10.2. The van der Waals surface area contributed by atoms with Gasteiger partial charge in [0.15, 0.2) is 18.1 Å². The number of esters is 1. The highest BCUT2D eigenvalue weighted by molar-refractivity contribution is 5.99. The maximum Gasteiger partial charge on any atom is 0.414 e. The van der Waals surface area contributed by atoms with Crippen LogP contribution < -0.4 is 29.2 Å². The van der Waals surface area contributed by atoms with Crippen LogP contribution in [0, 0.1) is 0 Å². The summed E-state index contributed by atoms with van der Waals surface area (Å²) in [5.74, 6) is 1.38. The van der Waals surface area contributed by atoms with E-state index in [1.54, 1.807) is 75.4 Å². The Hall–Kier alpha value is -4.93. The van der Waals surface area contributed by atoms with E-state index in [9.17, 15) is 14.4 Å². The fourth-order valence-electron chi connectivity index (χ4n) is 3.63. The Morgan fingerprint density at radius 2 is 1.65 bits per heavy atom. The monoisotopic (exact) mass is 550 g/mol. The van der Waals surface area contributed by atoms with Gasteiger partial charge in [0.25, 0.3) is 5.91 Å². The predicted octanol–water partition coefficient (Wildman–Crippen LogP) is 5.38. The number of methoxy groups -OCH3 is 1. The quantitative estimate of drug-likeness (QED) is 0.368. The van der Waals surface area contributed by atoms with Crippen LogP contribution in [0.3, 0.4) is 0 Å². The summed E-state index contributed by atoms with van der Waals surface area (Å²) in [6.45, 7) is 5.06. The van der Waals surface area contributed by atoms with Crippen molar-refractivity contribution in [3.63, 3.8) is 0 Å². The number of fused-ring (bicyclic) bond motifs is 1. The topological polar surface area (TPSA) is 122 Å². The molecule has 0 atom stereocenters. The molecule has 0 aromatic heterocycles. The molecule has 0 unspecified atom stereocenters. The molecule has 0 bridgehead atoms. The second kappa shape index (κ2) is 11.9. The van der Waals surface area contributed by atoms with Gasteiger partial charge in [-0.1, -0.05) is 6.07 Å². The van der Waals surface area contributed by atoms with Crippen LogP contribution in [0.2, 0.25) is 0 Å². The highest BCUT2D eigenvalue weighted by atomic mass is 16.7. The molecule has 2 amide bonds. The largest absolute Gasteiger partial charge is 0.484 e. The van der Waals surface area contributed by atoms with Gasteiger partial charge in [-0.15, -0.1) is 0 Å². The number of carbonyl (C=O) groups excluding carboxylic acids is 3. The first-order valence-corrected chi connectivity index (χ1v) is 12.3. The maximum atomic E-state index is 12.9. The van der Waals surface area contributed by atoms with E-state index in [1.807, 2.05) is 0 Å². The molecule has 11 heteroatoms. The van der Waals surface area contributed by atoms with Crippen molar-refractivity contribution in [3.05, 3.63) is 66.2 Å². The van der Waals surface area contributed by atoms with Gasteiger partial charge >= 0.3 is 12.1 Å². The van der Waals surface area contributed by atoms with Crippen LogP contribution in [0.25, 0.3) is 0 Å². The van der Waals surface area contributed by atoms with E-state index in [2.05, 4.69) is 5.32 Å². The zero-order valence-corrected chi connectivity index (χ0v) is 22.8. The molecular formula is C29H30N2O9. The van der Waals surface area contributed by atoms with Gasteiger partial charge in [-0.2, -0.15) is 0 Å². The van der Waals surface area contributed by atoms with Gasteiger partial charge in [-0.3, -0.25) is 9.69 Å². The molecule has 4 rings (SSSR count). The molecule has 210 valence electrons. The highest BCUT2D eigenvalue weighted by Gasteiger charge is 2.24. The Morgan fingerprint density at radius 1 is 0.925 bits per heavy atom. The Kier molecular flexibility index (Phi) is 8.32. The second-order valence-corrected chi connectivity index (χ2v) is 9.69. The van der Waals surface area contributed by atoms with Crippen LogP contribution in [0.5, 0.6) is 28.7 Å². The zero-order valence-electron chi connectivity index (χ0n) is 22.8. The van der Waals surface area contributed by atoms with Crippen molar-refractivity contribution in [2.24, 2.45) is 0 Å². The second-order valence-electron chi connectivity index (χ2n) is 9.69. The van der Waals surface area contributed by atoms with E-state index in [0.29, 0.717) is 45.7 Å². The van der Waals surface area contributed by atoms with Crippen molar-refractivity contribution >= 4 is 29.3 Å². The molecule has 0 aliphatic carbocycles. The van der Waals surface area contributed by atoms with E-state index >= 15 is 0 Å². The zero-order chi connectivity index (χ0) is 28.9. The van der Waals surface area contributed by atoms with Crippen LogP contribution in [-0.4, -0.2) is 51.1 Å². The number of amides is 2. The van der Waals surface area contributed by atoms with Crippen molar-refractivity contribution in [1.29, 1.82) is 0 Å². The standard InChI is InChI=1S/C29H30N2O9/c1-29(2,3)40-28(34)31(4)23-14-20(39-21-10-12-24-25(15-21)38-17-37-24)9-11-22(23)30-26(32)16-36-19-8-6-7-18(13-19)27(33)35-5/h6-15H,16-17H2,1-5H3,(H,30,32). The average Bonchev–Trinajstić information content (AvgIpc) is 3.39. The number of nitrogens with one attached hydrogen (secondary N) is 1. The van der Waals surface area contributed by atoms with E-state index in [0.717, 1.165) is 0 Å². The smallest absolute Gasteiger partial charge is 0.414 e. The van der Waals surface area contributed by atoms with Gasteiger partial charge in [0.05, 0.1) is 24.0 Å². The van der Waals surface area contributed by atoms with Crippen LogP contribution in [0.4, 0.5) is 16.2 Å². The van der Waals surface area contributed by atoms with Gasteiger partial charge < -0.3 is 33.7 Å². The minimum absolute atomic E-state index is 0.137. The van der Waals surface area contributed by atoms with Gasteiger partial charge in [0.2, 0.25) is 6.79 Å². The summed E-state index contributed by atoms with van der Waals surface area (Å²) in [6, 6.07) is 16.3. The summed E-state index contributed by atoms with van der Waals surface area (Å²) < 4.78 is 32.5. The lowest BCUT2D eigenvalue weighted by molar-refractivity contribution is -0.118. The molecule has 11 nitrogen and oxygen atoms in total. The molecule has 0 saturated carbocycles. The number of nitrogens with zero attached hydrogens (tertiary/aromatic N) is 1. The van der Waals surface area contributed by atoms with Crippen molar-refractivity contribution in [2.75, 3.05) is 37.8 Å².